The van der Waals surface area contributed by atoms with E-state index in [1.807, 2.05) is 36.4 Å². The summed E-state index contributed by atoms with van der Waals surface area (Å²) in [6, 6.07) is 13.6. The van der Waals surface area contributed by atoms with Gasteiger partial charge in [-0.25, -0.2) is 5.10 Å². The van der Waals surface area contributed by atoms with Crippen molar-refractivity contribution in [3.8, 4) is 11.5 Å². The van der Waals surface area contributed by atoms with Crippen LogP contribution in [0.5, 0.6) is 11.5 Å². The highest BCUT2D eigenvalue weighted by Gasteiger charge is 2.40. The van der Waals surface area contributed by atoms with Gasteiger partial charge in [0.25, 0.3) is 0 Å². The van der Waals surface area contributed by atoms with E-state index in [1.54, 1.807) is 19.1 Å². The number of hydrogen-bond donors (Lipinski definition) is 4. The highest BCUT2D eigenvalue weighted by Crippen LogP contribution is 2.39. The molecular weight excluding hydrogens is 638 g/mol. The van der Waals surface area contributed by atoms with Crippen LogP contribution in [0.15, 0.2) is 42.5 Å². The zero-order valence-electron chi connectivity index (χ0n) is 28.0. The molecule has 268 valence electrons. The molecule has 49 heavy (non-hydrogen) atoms. The van der Waals surface area contributed by atoms with Crippen molar-refractivity contribution >= 4 is 11.6 Å². The van der Waals surface area contributed by atoms with Crippen LogP contribution in [0.25, 0.3) is 0 Å². The summed E-state index contributed by atoms with van der Waals surface area (Å²) in [5.74, 6) is 1.61. The van der Waals surface area contributed by atoms with Crippen LogP contribution in [0.3, 0.4) is 0 Å². The average Bonchev–Trinajstić information content (AvgIpc) is 3.66. The Morgan fingerprint density at radius 1 is 1.12 bits per heavy atom. The van der Waals surface area contributed by atoms with Gasteiger partial charge in [-0.05, 0) is 71.5 Å². The number of ether oxygens (including phenoxy) is 4. The van der Waals surface area contributed by atoms with Crippen molar-refractivity contribution in [3.05, 3.63) is 59.4 Å². The van der Waals surface area contributed by atoms with Crippen LogP contribution in [0.1, 0.15) is 67.5 Å². The van der Waals surface area contributed by atoms with Gasteiger partial charge in [0.1, 0.15) is 24.2 Å². The Kier molecular flexibility index (Phi) is 13.5. The lowest BCUT2D eigenvalue weighted by molar-refractivity contribution is -0.492. The fraction of sp³-hybridized carbons (Fsp3) is 0.576. The SMILES string of the molecule is COCCCN1CCOc2ccc(COC3CN(C(=O)CCCCON(O)O)C(CC(O)c4nnn[nH]4)CC3c3ccc(OC)cc3)cc21. The first kappa shape index (κ1) is 36.4. The summed E-state index contributed by atoms with van der Waals surface area (Å²) in [4.78, 5) is 22.5. The molecule has 0 saturated carbocycles. The Hall–Kier alpha value is -3.90. The second-order valence-electron chi connectivity index (χ2n) is 12.2. The normalized spacial score (nSPS) is 19.8. The Morgan fingerprint density at radius 2 is 1.96 bits per heavy atom. The molecule has 1 fully saturated rings. The number of piperidine rings is 1. The number of amides is 1. The highest BCUT2D eigenvalue weighted by atomic mass is 17.1. The molecule has 3 aromatic rings. The summed E-state index contributed by atoms with van der Waals surface area (Å²) in [6.07, 6.45) is 1.40. The monoisotopic (exact) mass is 685 g/mol. The summed E-state index contributed by atoms with van der Waals surface area (Å²) in [5, 5.41) is 42.0. The molecule has 4 atom stereocenters. The number of fused-ring (bicyclic) bond motifs is 1. The van der Waals surface area contributed by atoms with E-state index < -0.39 is 6.10 Å². The van der Waals surface area contributed by atoms with Gasteiger partial charge in [0.05, 0.1) is 44.0 Å². The summed E-state index contributed by atoms with van der Waals surface area (Å²) in [6.45, 7) is 3.63. The van der Waals surface area contributed by atoms with E-state index in [1.165, 1.54) is 0 Å². The molecule has 1 saturated heterocycles. The number of aliphatic hydroxyl groups excluding tert-OH is 1. The maximum absolute atomic E-state index is 13.8. The number of nitrogens with zero attached hydrogens (tertiary/aromatic N) is 6. The molecule has 5 rings (SSSR count). The molecule has 4 N–H and O–H groups in total. The second kappa shape index (κ2) is 18.2. The Morgan fingerprint density at radius 3 is 2.69 bits per heavy atom. The number of rotatable bonds is 18. The number of carbonyl (C=O) groups is 1. The zero-order valence-corrected chi connectivity index (χ0v) is 28.0. The molecule has 0 spiro atoms. The van der Waals surface area contributed by atoms with Crippen LogP contribution in [0, 0.1) is 0 Å². The maximum atomic E-state index is 13.8. The quantitative estimate of drug-likeness (QED) is 0.113. The van der Waals surface area contributed by atoms with Gasteiger partial charge in [-0.1, -0.05) is 18.2 Å². The number of hydrogen-bond acceptors (Lipinski definition) is 14. The largest absolute Gasteiger partial charge is 0.497 e. The van der Waals surface area contributed by atoms with Crippen molar-refractivity contribution < 1.29 is 44.1 Å². The molecule has 0 radical (unpaired) electrons. The van der Waals surface area contributed by atoms with E-state index in [-0.39, 0.29) is 54.6 Å². The minimum absolute atomic E-state index is 0.0435. The molecule has 16 nitrogen and oxygen atoms in total. The third-order valence-corrected chi connectivity index (χ3v) is 9.04. The summed E-state index contributed by atoms with van der Waals surface area (Å²) < 4.78 is 23.3. The Labute approximate surface area is 285 Å². The summed E-state index contributed by atoms with van der Waals surface area (Å²) in [7, 11) is 3.33. The molecule has 0 aliphatic carbocycles. The second-order valence-corrected chi connectivity index (χ2v) is 12.2. The predicted octanol–water partition coefficient (Wildman–Crippen LogP) is 3.02. The van der Waals surface area contributed by atoms with Gasteiger partial charge in [-0.3, -0.25) is 20.0 Å². The van der Waals surface area contributed by atoms with Crippen LogP contribution >= 0.6 is 0 Å². The fourth-order valence-electron chi connectivity index (χ4n) is 6.53. The number of aromatic nitrogens is 4. The highest BCUT2D eigenvalue weighted by molar-refractivity contribution is 5.76. The van der Waals surface area contributed by atoms with Gasteiger partial charge in [0.15, 0.2) is 5.82 Å². The molecule has 2 aliphatic rings. The molecule has 3 heterocycles. The van der Waals surface area contributed by atoms with Crippen molar-refractivity contribution in [1.29, 1.82) is 0 Å². The molecule has 4 unspecified atom stereocenters. The van der Waals surface area contributed by atoms with Gasteiger partial charge < -0.3 is 33.9 Å². The van der Waals surface area contributed by atoms with E-state index in [0.717, 1.165) is 47.8 Å². The van der Waals surface area contributed by atoms with Gasteiger partial charge in [0, 0.05) is 51.6 Å². The molecule has 2 aliphatic heterocycles. The van der Waals surface area contributed by atoms with Crippen LogP contribution in [-0.4, -0.2) is 118 Å². The van der Waals surface area contributed by atoms with Gasteiger partial charge in [-0.2, -0.15) is 0 Å². The minimum Gasteiger partial charge on any atom is -0.497 e. The number of tetrazole rings is 1. The molecular formula is C33H47N7O9. The van der Waals surface area contributed by atoms with Gasteiger partial charge >= 0.3 is 0 Å². The number of aromatic amines is 1. The minimum atomic E-state index is -1.01. The third kappa shape index (κ3) is 10.1. The lowest BCUT2D eigenvalue weighted by Crippen LogP contribution is -2.53. The first-order valence-electron chi connectivity index (χ1n) is 16.6. The van der Waals surface area contributed by atoms with E-state index in [9.17, 15) is 9.90 Å². The average molecular weight is 686 g/mol. The summed E-state index contributed by atoms with van der Waals surface area (Å²) >= 11 is 0. The van der Waals surface area contributed by atoms with Crippen molar-refractivity contribution in [3.63, 3.8) is 0 Å². The number of carbonyl (C=O) groups excluding carboxylic acids is 1. The summed E-state index contributed by atoms with van der Waals surface area (Å²) in [5.41, 5.74) is 3.06. The number of benzene rings is 2. The Balaban J connectivity index is 1.36. The molecule has 1 amide bonds. The maximum Gasteiger partial charge on any atom is 0.222 e. The number of likely N-dealkylation sites (tertiary alicyclic amines) is 1. The zero-order chi connectivity index (χ0) is 34.6. The Bertz CT molecular complexity index is 1430. The molecule has 1 aromatic heterocycles. The van der Waals surface area contributed by atoms with Gasteiger partial charge in [0.2, 0.25) is 5.91 Å². The number of H-pyrrole nitrogens is 1. The number of unbranched alkanes of at least 4 members (excludes halogenated alkanes) is 1. The fourth-order valence-corrected chi connectivity index (χ4v) is 6.53. The number of methoxy groups -OCH3 is 2. The smallest absolute Gasteiger partial charge is 0.222 e. The van der Waals surface area contributed by atoms with Crippen molar-refractivity contribution in [2.24, 2.45) is 0 Å². The van der Waals surface area contributed by atoms with Crippen molar-refractivity contribution in [2.75, 3.05) is 58.6 Å². The number of anilines is 1. The van der Waals surface area contributed by atoms with E-state index in [4.69, 9.17) is 29.4 Å². The lowest BCUT2D eigenvalue weighted by atomic mass is 9.81. The molecule has 0 bridgehead atoms. The van der Waals surface area contributed by atoms with Gasteiger partial charge in [-0.15, -0.1) is 5.10 Å². The van der Waals surface area contributed by atoms with Crippen LogP contribution in [-0.2, 0) is 25.7 Å². The van der Waals surface area contributed by atoms with Crippen LogP contribution < -0.4 is 14.4 Å². The van der Waals surface area contributed by atoms with Crippen LogP contribution in [0.2, 0.25) is 0 Å². The van der Waals surface area contributed by atoms with E-state index in [0.29, 0.717) is 45.6 Å². The standard InChI is InChI=1S/C33H47N7O9/c1-45-15-5-13-38-14-17-47-30-12-7-23(18-28(30)38)22-48-31-21-39(32(42)6-3-4-16-49-40(43)44)25(20-29(41)33-34-36-37-35-33)19-27(31)24-8-10-26(46-2)11-9-24/h7-12,18,25,27,29,31,41,43-44H,3-6,13-17,19-22H2,1-2H3,(H,34,35,36,37). The topological polar surface area (TPSA) is 188 Å². The van der Waals surface area contributed by atoms with Crippen LogP contribution in [0.4, 0.5) is 5.69 Å². The van der Waals surface area contributed by atoms with E-state index in [2.05, 4.69) is 36.4 Å². The molecule has 16 heteroatoms. The lowest BCUT2D eigenvalue weighted by Gasteiger charge is -2.45. The first-order valence-corrected chi connectivity index (χ1v) is 16.6. The first-order chi connectivity index (χ1) is 23.9. The number of aliphatic hydroxyl groups is 1. The third-order valence-electron chi connectivity index (χ3n) is 9.04. The van der Waals surface area contributed by atoms with E-state index >= 15 is 0 Å². The molecule has 2 aromatic carbocycles. The van der Waals surface area contributed by atoms with Crippen molar-refractivity contribution in [1.82, 2.24) is 30.9 Å². The predicted molar refractivity (Wildman–Crippen MR) is 174 cm³/mol. The van der Waals surface area contributed by atoms with Crippen molar-refractivity contribution in [2.45, 2.75) is 69.3 Å². The number of nitrogens with one attached hydrogen (secondary N) is 1.